The van der Waals surface area contributed by atoms with Crippen LogP contribution in [0.3, 0.4) is 0 Å². The van der Waals surface area contributed by atoms with Gasteiger partial charge in [0.1, 0.15) is 5.75 Å². The molecule has 8 heteroatoms. The van der Waals surface area contributed by atoms with Gasteiger partial charge in [-0.15, -0.1) is 0 Å². The molecule has 0 radical (unpaired) electrons. The highest BCUT2D eigenvalue weighted by atomic mass is 32.2. The summed E-state index contributed by atoms with van der Waals surface area (Å²) < 4.78 is 31.7. The van der Waals surface area contributed by atoms with Crippen LogP contribution in [-0.4, -0.2) is 45.7 Å². The average molecular weight is 330 g/mol. The highest BCUT2D eigenvalue weighted by Gasteiger charge is 2.14. The lowest BCUT2D eigenvalue weighted by Gasteiger charge is -2.10. The zero-order chi connectivity index (χ0) is 16.6. The molecule has 0 spiro atoms. The van der Waals surface area contributed by atoms with E-state index in [2.05, 4.69) is 10.0 Å². The molecule has 0 aliphatic heterocycles. The van der Waals surface area contributed by atoms with Gasteiger partial charge >= 0.3 is 0 Å². The van der Waals surface area contributed by atoms with Crippen LogP contribution in [0.4, 0.5) is 0 Å². The molecule has 1 amide bonds. The SMILES string of the molecule is CC(C)CNS(=O)(=O)c1ccc(OCC(=O)NCCO)cc1. The Labute approximate surface area is 130 Å². The number of sulfonamides is 1. The topological polar surface area (TPSA) is 105 Å². The van der Waals surface area contributed by atoms with Gasteiger partial charge in [0.05, 0.1) is 11.5 Å². The van der Waals surface area contributed by atoms with Crippen LogP contribution >= 0.6 is 0 Å². The maximum absolute atomic E-state index is 12.0. The van der Waals surface area contributed by atoms with E-state index in [0.29, 0.717) is 12.3 Å². The minimum atomic E-state index is -3.53. The summed E-state index contributed by atoms with van der Waals surface area (Å²) in [5.41, 5.74) is 0. The first-order chi connectivity index (χ1) is 10.3. The molecular weight excluding hydrogens is 308 g/mol. The lowest BCUT2D eigenvalue weighted by atomic mass is 10.2. The Balaban J connectivity index is 2.57. The zero-order valence-electron chi connectivity index (χ0n) is 12.7. The molecule has 0 saturated carbocycles. The van der Waals surface area contributed by atoms with Crippen molar-refractivity contribution >= 4 is 15.9 Å². The average Bonchev–Trinajstić information content (AvgIpc) is 2.49. The Hall–Kier alpha value is -1.64. The number of hydrogen-bond acceptors (Lipinski definition) is 5. The van der Waals surface area contributed by atoms with Crippen molar-refractivity contribution in [2.24, 2.45) is 5.92 Å². The van der Waals surface area contributed by atoms with Crippen LogP contribution in [0.2, 0.25) is 0 Å². The third-order valence-electron chi connectivity index (χ3n) is 2.62. The van der Waals surface area contributed by atoms with Gasteiger partial charge in [-0.05, 0) is 30.2 Å². The van der Waals surface area contributed by atoms with Gasteiger partial charge in [-0.2, -0.15) is 0 Å². The molecule has 7 nitrogen and oxygen atoms in total. The molecular formula is C14H22N2O5S. The second kappa shape index (κ2) is 8.72. The molecule has 1 rings (SSSR count). The fourth-order valence-electron chi connectivity index (χ4n) is 1.47. The predicted octanol–water partition coefficient (Wildman–Crippen LogP) is 0.108. The summed E-state index contributed by atoms with van der Waals surface area (Å²) in [7, 11) is -3.53. The van der Waals surface area contributed by atoms with Gasteiger partial charge < -0.3 is 15.2 Å². The first-order valence-electron chi connectivity index (χ1n) is 6.95. The van der Waals surface area contributed by atoms with Crippen LogP contribution in [0.25, 0.3) is 0 Å². The fraction of sp³-hybridized carbons (Fsp3) is 0.500. The molecule has 1 aromatic carbocycles. The molecule has 0 aromatic heterocycles. The number of rotatable bonds is 9. The van der Waals surface area contributed by atoms with Crippen LogP contribution < -0.4 is 14.8 Å². The number of ether oxygens (including phenoxy) is 1. The molecule has 22 heavy (non-hydrogen) atoms. The molecule has 1 aromatic rings. The van der Waals surface area contributed by atoms with E-state index in [1.165, 1.54) is 24.3 Å². The summed E-state index contributed by atoms with van der Waals surface area (Å²) in [5, 5.41) is 11.0. The molecule has 0 aliphatic rings. The van der Waals surface area contributed by atoms with Crippen LogP contribution in [0.1, 0.15) is 13.8 Å². The van der Waals surface area contributed by atoms with Crippen LogP contribution in [-0.2, 0) is 14.8 Å². The minimum Gasteiger partial charge on any atom is -0.484 e. The molecule has 0 aliphatic carbocycles. The molecule has 0 bridgehead atoms. The number of nitrogens with one attached hydrogen (secondary N) is 2. The summed E-state index contributed by atoms with van der Waals surface area (Å²) in [5.74, 6) is 0.251. The molecule has 0 unspecified atom stereocenters. The van der Waals surface area contributed by atoms with Crippen LogP contribution in [0.15, 0.2) is 29.2 Å². The van der Waals surface area contributed by atoms with Crippen molar-refractivity contribution in [3.8, 4) is 5.75 Å². The van der Waals surface area contributed by atoms with Crippen LogP contribution in [0.5, 0.6) is 5.75 Å². The van der Waals surface area contributed by atoms with Crippen molar-refractivity contribution in [3.63, 3.8) is 0 Å². The largest absolute Gasteiger partial charge is 0.484 e. The van der Waals surface area contributed by atoms with E-state index in [-0.39, 0.29) is 36.5 Å². The van der Waals surface area contributed by atoms with Gasteiger partial charge in [-0.1, -0.05) is 13.8 Å². The first-order valence-corrected chi connectivity index (χ1v) is 8.43. The Morgan fingerprint density at radius 3 is 2.45 bits per heavy atom. The van der Waals surface area contributed by atoms with E-state index in [1.807, 2.05) is 13.8 Å². The lowest BCUT2D eigenvalue weighted by Crippen LogP contribution is -2.31. The molecule has 0 fully saturated rings. The van der Waals surface area contributed by atoms with Gasteiger partial charge in [0.25, 0.3) is 5.91 Å². The molecule has 0 heterocycles. The zero-order valence-corrected chi connectivity index (χ0v) is 13.5. The van der Waals surface area contributed by atoms with Gasteiger partial charge in [-0.25, -0.2) is 13.1 Å². The van der Waals surface area contributed by atoms with E-state index in [4.69, 9.17) is 9.84 Å². The number of benzene rings is 1. The summed E-state index contributed by atoms with van der Waals surface area (Å²) in [6, 6.07) is 5.82. The summed E-state index contributed by atoms with van der Waals surface area (Å²) >= 11 is 0. The van der Waals surface area contributed by atoms with E-state index < -0.39 is 10.0 Å². The highest BCUT2D eigenvalue weighted by molar-refractivity contribution is 7.89. The lowest BCUT2D eigenvalue weighted by molar-refractivity contribution is -0.123. The number of amides is 1. The number of aliphatic hydroxyl groups excluding tert-OH is 1. The molecule has 0 atom stereocenters. The van der Waals surface area contributed by atoms with E-state index in [9.17, 15) is 13.2 Å². The Morgan fingerprint density at radius 2 is 1.91 bits per heavy atom. The van der Waals surface area contributed by atoms with Crippen molar-refractivity contribution in [1.82, 2.24) is 10.0 Å². The van der Waals surface area contributed by atoms with Crippen molar-refractivity contribution in [2.45, 2.75) is 18.7 Å². The van der Waals surface area contributed by atoms with E-state index in [0.717, 1.165) is 0 Å². The first kappa shape index (κ1) is 18.4. The van der Waals surface area contributed by atoms with Crippen molar-refractivity contribution in [3.05, 3.63) is 24.3 Å². The normalized spacial score (nSPS) is 11.5. The molecule has 3 N–H and O–H groups in total. The van der Waals surface area contributed by atoms with Crippen molar-refractivity contribution in [2.75, 3.05) is 26.3 Å². The van der Waals surface area contributed by atoms with Gasteiger partial charge in [0, 0.05) is 13.1 Å². The van der Waals surface area contributed by atoms with Gasteiger partial charge in [-0.3, -0.25) is 4.79 Å². The third-order valence-corrected chi connectivity index (χ3v) is 4.06. The maximum Gasteiger partial charge on any atom is 0.258 e. The fourth-order valence-corrected chi connectivity index (χ4v) is 2.68. The smallest absolute Gasteiger partial charge is 0.258 e. The minimum absolute atomic E-state index is 0.137. The summed E-state index contributed by atoms with van der Waals surface area (Å²) in [6.07, 6.45) is 0. The Kier molecular flexibility index (Phi) is 7.30. The second-order valence-corrected chi connectivity index (χ2v) is 6.85. The molecule has 124 valence electrons. The van der Waals surface area contributed by atoms with Crippen molar-refractivity contribution in [1.29, 1.82) is 0 Å². The Bertz CT molecular complexity index is 569. The third kappa shape index (κ3) is 6.42. The van der Waals surface area contributed by atoms with E-state index in [1.54, 1.807) is 0 Å². The quantitative estimate of drug-likeness (QED) is 0.596. The number of aliphatic hydroxyl groups is 1. The van der Waals surface area contributed by atoms with Crippen LogP contribution in [0, 0.1) is 5.92 Å². The monoisotopic (exact) mass is 330 g/mol. The number of carbonyl (C=O) groups excluding carboxylic acids is 1. The van der Waals surface area contributed by atoms with Crippen molar-refractivity contribution < 1.29 is 23.1 Å². The summed E-state index contributed by atoms with van der Waals surface area (Å²) in [4.78, 5) is 11.4. The number of hydrogen-bond donors (Lipinski definition) is 3. The second-order valence-electron chi connectivity index (χ2n) is 5.08. The maximum atomic E-state index is 12.0. The highest BCUT2D eigenvalue weighted by Crippen LogP contribution is 2.16. The number of carbonyl (C=O) groups is 1. The van der Waals surface area contributed by atoms with E-state index >= 15 is 0 Å². The Morgan fingerprint density at radius 1 is 1.27 bits per heavy atom. The molecule has 0 saturated heterocycles. The standard InChI is InChI=1S/C14H22N2O5S/c1-11(2)9-16-22(19,20)13-5-3-12(4-6-13)21-10-14(18)15-7-8-17/h3-6,11,16-17H,7-10H2,1-2H3,(H,15,18). The predicted molar refractivity (Wildman–Crippen MR) is 82.1 cm³/mol. The van der Waals surface area contributed by atoms with Gasteiger partial charge in [0.2, 0.25) is 10.0 Å². The summed E-state index contributed by atoms with van der Waals surface area (Å²) in [6.45, 7) is 4.04. The van der Waals surface area contributed by atoms with Gasteiger partial charge in [0.15, 0.2) is 6.61 Å².